The molecule has 1 saturated heterocycles. The summed E-state index contributed by atoms with van der Waals surface area (Å²) in [6.45, 7) is 6.54. The summed E-state index contributed by atoms with van der Waals surface area (Å²) >= 11 is 0. The van der Waals surface area contributed by atoms with Crippen LogP contribution < -0.4 is 5.32 Å². The van der Waals surface area contributed by atoms with Gasteiger partial charge in [-0.15, -0.1) is 0 Å². The quantitative estimate of drug-likeness (QED) is 0.887. The fraction of sp³-hybridized carbons (Fsp3) is 0.467. The average molecular weight is 243 g/mol. The highest BCUT2D eigenvalue weighted by atomic mass is 15.2. The van der Waals surface area contributed by atoms with Gasteiger partial charge in [0.1, 0.15) is 0 Å². The topological polar surface area (TPSA) is 20.2 Å². The minimum Gasteiger partial charge on any atom is -0.347 e. The number of nitrogens with one attached hydrogen (secondary N) is 1. The van der Waals surface area contributed by atoms with Crippen molar-refractivity contribution < 1.29 is 0 Å². The molecule has 0 atom stereocenters. The number of benzene rings is 1. The van der Waals surface area contributed by atoms with Crippen molar-refractivity contribution in [3.05, 3.63) is 36.0 Å². The summed E-state index contributed by atoms with van der Waals surface area (Å²) in [6, 6.07) is 9.42. The molecule has 0 aliphatic carbocycles. The van der Waals surface area contributed by atoms with Crippen molar-refractivity contribution in [3.8, 4) is 0 Å². The van der Waals surface area contributed by atoms with E-state index in [0.29, 0.717) is 6.04 Å². The number of rotatable bonds is 4. The molecule has 3 heteroatoms. The zero-order chi connectivity index (χ0) is 12.5. The van der Waals surface area contributed by atoms with Crippen molar-refractivity contribution in [2.45, 2.75) is 26.1 Å². The van der Waals surface area contributed by atoms with E-state index in [9.17, 15) is 0 Å². The van der Waals surface area contributed by atoms with E-state index in [4.69, 9.17) is 0 Å². The van der Waals surface area contributed by atoms with Crippen molar-refractivity contribution in [1.82, 2.24) is 14.8 Å². The molecule has 18 heavy (non-hydrogen) atoms. The van der Waals surface area contributed by atoms with Crippen LogP contribution in [-0.2, 0) is 13.1 Å². The fourth-order valence-corrected chi connectivity index (χ4v) is 2.69. The SMILES string of the molecule is CCn1cc(CN(C)C2CNC2)c2ccccc21. The Morgan fingerprint density at radius 2 is 2.11 bits per heavy atom. The number of aryl methyl sites for hydroxylation is 1. The van der Waals surface area contributed by atoms with Gasteiger partial charge in [-0.1, -0.05) is 18.2 Å². The second-order valence-corrected chi connectivity index (χ2v) is 5.18. The third-order valence-corrected chi connectivity index (χ3v) is 4.01. The second kappa shape index (κ2) is 4.75. The van der Waals surface area contributed by atoms with E-state index in [1.807, 2.05) is 0 Å². The first-order valence-corrected chi connectivity index (χ1v) is 6.77. The first-order valence-electron chi connectivity index (χ1n) is 6.77. The van der Waals surface area contributed by atoms with E-state index in [1.54, 1.807) is 0 Å². The predicted octanol–water partition coefficient (Wildman–Crippen LogP) is 2.06. The van der Waals surface area contributed by atoms with Crippen molar-refractivity contribution >= 4 is 10.9 Å². The van der Waals surface area contributed by atoms with Crippen LogP contribution in [0.1, 0.15) is 12.5 Å². The van der Waals surface area contributed by atoms with Gasteiger partial charge in [0, 0.05) is 49.3 Å². The zero-order valence-electron chi connectivity index (χ0n) is 11.2. The Bertz CT molecular complexity index is 540. The lowest BCUT2D eigenvalue weighted by atomic mass is 10.1. The summed E-state index contributed by atoms with van der Waals surface area (Å²) in [6.07, 6.45) is 2.31. The molecule has 0 amide bonds. The summed E-state index contributed by atoms with van der Waals surface area (Å²) in [5.41, 5.74) is 2.80. The molecule has 0 radical (unpaired) electrons. The van der Waals surface area contributed by atoms with Crippen LogP contribution in [0, 0.1) is 0 Å². The third-order valence-electron chi connectivity index (χ3n) is 4.01. The van der Waals surface area contributed by atoms with Gasteiger partial charge in [-0.2, -0.15) is 0 Å². The third kappa shape index (κ3) is 1.93. The average Bonchev–Trinajstić information content (AvgIpc) is 2.66. The standard InChI is InChI=1S/C15H21N3/c1-3-18-11-12(10-17(2)13-8-16-9-13)14-6-4-5-7-15(14)18/h4-7,11,13,16H,3,8-10H2,1-2H3. The van der Waals surface area contributed by atoms with Crippen molar-refractivity contribution in [3.63, 3.8) is 0 Å². The number of hydrogen-bond donors (Lipinski definition) is 1. The Labute approximate surface area is 108 Å². The lowest BCUT2D eigenvalue weighted by molar-refractivity contribution is 0.173. The van der Waals surface area contributed by atoms with E-state index >= 15 is 0 Å². The number of likely N-dealkylation sites (N-methyl/N-ethyl adjacent to an activating group) is 1. The molecular weight excluding hydrogens is 222 g/mol. The minimum atomic E-state index is 0.703. The molecule has 3 nitrogen and oxygen atoms in total. The van der Waals surface area contributed by atoms with E-state index in [-0.39, 0.29) is 0 Å². The van der Waals surface area contributed by atoms with Crippen LogP contribution in [0.5, 0.6) is 0 Å². The number of nitrogens with zero attached hydrogens (tertiary/aromatic N) is 2. The number of fused-ring (bicyclic) bond motifs is 1. The largest absolute Gasteiger partial charge is 0.347 e. The molecule has 0 saturated carbocycles. The Balaban J connectivity index is 1.91. The van der Waals surface area contributed by atoms with E-state index in [0.717, 1.165) is 26.2 Å². The Morgan fingerprint density at radius 1 is 1.33 bits per heavy atom. The lowest BCUT2D eigenvalue weighted by Gasteiger charge is -2.35. The predicted molar refractivity (Wildman–Crippen MR) is 75.7 cm³/mol. The van der Waals surface area contributed by atoms with Gasteiger partial charge in [-0.05, 0) is 25.6 Å². The molecule has 1 fully saturated rings. The van der Waals surface area contributed by atoms with Gasteiger partial charge in [0.15, 0.2) is 0 Å². The van der Waals surface area contributed by atoms with Crippen LogP contribution in [0.25, 0.3) is 10.9 Å². The minimum absolute atomic E-state index is 0.703. The maximum atomic E-state index is 3.33. The second-order valence-electron chi connectivity index (χ2n) is 5.18. The highest BCUT2D eigenvalue weighted by molar-refractivity contribution is 5.83. The smallest absolute Gasteiger partial charge is 0.0483 e. The summed E-state index contributed by atoms with van der Waals surface area (Å²) in [4.78, 5) is 2.46. The van der Waals surface area contributed by atoms with Crippen LogP contribution >= 0.6 is 0 Å². The molecule has 3 rings (SSSR count). The Hall–Kier alpha value is -1.32. The van der Waals surface area contributed by atoms with Crippen LogP contribution in [-0.4, -0.2) is 35.6 Å². The number of aromatic nitrogens is 1. The van der Waals surface area contributed by atoms with Crippen LogP contribution in [0.4, 0.5) is 0 Å². The van der Waals surface area contributed by atoms with Crippen molar-refractivity contribution in [2.75, 3.05) is 20.1 Å². The zero-order valence-corrected chi connectivity index (χ0v) is 11.2. The molecule has 1 aliphatic heterocycles. The van der Waals surface area contributed by atoms with Gasteiger partial charge in [0.25, 0.3) is 0 Å². The monoisotopic (exact) mass is 243 g/mol. The first kappa shape index (κ1) is 11.8. The molecule has 1 N–H and O–H groups in total. The molecule has 96 valence electrons. The molecule has 1 aliphatic rings. The normalized spacial score (nSPS) is 16.4. The van der Waals surface area contributed by atoms with Crippen LogP contribution in [0.15, 0.2) is 30.5 Å². The van der Waals surface area contributed by atoms with Gasteiger partial charge < -0.3 is 9.88 Å². The maximum Gasteiger partial charge on any atom is 0.0483 e. The molecule has 2 aromatic rings. The summed E-state index contributed by atoms with van der Waals surface area (Å²) < 4.78 is 2.34. The fourth-order valence-electron chi connectivity index (χ4n) is 2.69. The molecule has 1 aromatic carbocycles. The van der Waals surface area contributed by atoms with Crippen LogP contribution in [0.2, 0.25) is 0 Å². The Morgan fingerprint density at radius 3 is 2.78 bits per heavy atom. The number of para-hydroxylation sites is 1. The molecule has 0 spiro atoms. The van der Waals surface area contributed by atoms with Crippen molar-refractivity contribution in [1.29, 1.82) is 0 Å². The van der Waals surface area contributed by atoms with Crippen LogP contribution in [0.3, 0.4) is 0 Å². The molecule has 2 heterocycles. The molecular formula is C15H21N3. The van der Waals surface area contributed by atoms with Gasteiger partial charge >= 0.3 is 0 Å². The van der Waals surface area contributed by atoms with E-state index in [2.05, 4.69) is 59.2 Å². The summed E-state index contributed by atoms with van der Waals surface area (Å²) in [7, 11) is 2.23. The van der Waals surface area contributed by atoms with Gasteiger partial charge in [-0.25, -0.2) is 0 Å². The maximum absolute atomic E-state index is 3.33. The molecule has 1 aromatic heterocycles. The van der Waals surface area contributed by atoms with Gasteiger partial charge in [-0.3, -0.25) is 4.90 Å². The highest BCUT2D eigenvalue weighted by Gasteiger charge is 2.22. The van der Waals surface area contributed by atoms with Gasteiger partial charge in [0.2, 0.25) is 0 Å². The summed E-state index contributed by atoms with van der Waals surface area (Å²) in [5, 5.41) is 4.74. The molecule has 0 bridgehead atoms. The molecule has 0 unspecified atom stereocenters. The number of hydrogen-bond acceptors (Lipinski definition) is 2. The Kier molecular flexibility index (Phi) is 3.10. The van der Waals surface area contributed by atoms with Crippen molar-refractivity contribution in [2.24, 2.45) is 0 Å². The van der Waals surface area contributed by atoms with E-state index < -0.39 is 0 Å². The highest BCUT2D eigenvalue weighted by Crippen LogP contribution is 2.23. The lowest BCUT2D eigenvalue weighted by Crippen LogP contribution is -2.55. The first-order chi connectivity index (χ1) is 8.79. The van der Waals surface area contributed by atoms with E-state index in [1.165, 1.54) is 16.5 Å². The van der Waals surface area contributed by atoms with Gasteiger partial charge in [0.05, 0.1) is 0 Å². The summed E-state index contributed by atoms with van der Waals surface area (Å²) in [5.74, 6) is 0.